The fourth-order valence-electron chi connectivity index (χ4n) is 2.80. The van der Waals surface area contributed by atoms with Crippen molar-refractivity contribution in [2.75, 3.05) is 42.4 Å². The first kappa shape index (κ1) is 21.9. The molecule has 154 valence electrons. The predicted molar refractivity (Wildman–Crippen MR) is 114 cm³/mol. The molecule has 0 unspecified atom stereocenters. The van der Waals surface area contributed by atoms with Crippen molar-refractivity contribution in [2.24, 2.45) is 0 Å². The molecule has 2 aromatic rings. The second kappa shape index (κ2) is 10.3. The number of amides is 2. The highest BCUT2D eigenvalue weighted by Gasteiger charge is 2.16. The first-order chi connectivity index (χ1) is 13.8. The number of nitrogens with zero attached hydrogens (tertiary/aromatic N) is 2. The van der Waals surface area contributed by atoms with E-state index in [0.29, 0.717) is 11.3 Å². The van der Waals surface area contributed by atoms with Crippen LogP contribution in [0, 0.1) is 0 Å². The first-order valence-electron chi connectivity index (χ1n) is 9.45. The highest BCUT2D eigenvalue weighted by molar-refractivity contribution is 6.01. The minimum atomic E-state index is -0.491. The van der Waals surface area contributed by atoms with Gasteiger partial charge in [0.15, 0.2) is 0 Å². The van der Waals surface area contributed by atoms with Crippen LogP contribution in [0.4, 0.5) is 17.1 Å². The summed E-state index contributed by atoms with van der Waals surface area (Å²) in [4.78, 5) is 40.1. The Morgan fingerprint density at radius 2 is 1.59 bits per heavy atom. The molecule has 2 amide bonds. The van der Waals surface area contributed by atoms with E-state index in [-0.39, 0.29) is 31.4 Å². The zero-order valence-electron chi connectivity index (χ0n) is 17.3. The molecule has 2 rings (SSSR count). The van der Waals surface area contributed by atoms with Crippen LogP contribution in [0.5, 0.6) is 0 Å². The monoisotopic (exact) mass is 397 g/mol. The molecule has 2 aromatic carbocycles. The molecule has 0 spiro atoms. The van der Waals surface area contributed by atoms with Crippen LogP contribution in [0.2, 0.25) is 0 Å². The van der Waals surface area contributed by atoms with Crippen LogP contribution < -0.4 is 15.1 Å². The lowest BCUT2D eigenvalue weighted by Gasteiger charge is -2.22. The van der Waals surface area contributed by atoms with Crippen molar-refractivity contribution >= 4 is 34.8 Å². The Morgan fingerprint density at radius 1 is 0.966 bits per heavy atom. The third-order valence-corrected chi connectivity index (χ3v) is 4.32. The van der Waals surface area contributed by atoms with Crippen LogP contribution in [0.15, 0.2) is 48.5 Å². The van der Waals surface area contributed by atoms with Crippen LogP contribution in [0.25, 0.3) is 0 Å². The standard InChI is InChI=1S/C22H27N3O4/c1-5-29-22(28)19-8-6-7-9-20(19)23-21(27)14-15-25(16(2)26)18-12-10-17(11-13-18)24(3)4/h6-13H,5,14-15H2,1-4H3,(H,23,27). The molecule has 0 heterocycles. The SMILES string of the molecule is CCOC(=O)c1ccccc1NC(=O)CCN(C(C)=O)c1ccc(N(C)C)cc1. The minimum Gasteiger partial charge on any atom is -0.462 e. The van der Waals surface area contributed by atoms with Gasteiger partial charge in [0.2, 0.25) is 11.8 Å². The zero-order chi connectivity index (χ0) is 21.4. The third kappa shape index (κ3) is 6.07. The number of para-hydroxylation sites is 1. The molecule has 7 nitrogen and oxygen atoms in total. The molecule has 0 aliphatic rings. The zero-order valence-corrected chi connectivity index (χ0v) is 17.3. The van der Waals surface area contributed by atoms with E-state index >= 15 is 0 Å². The third-order valence-electron chi connectivity index (χ3n) is 4.32. The topological polar surface area (TPSA) is 79.0 Å². The summed E-state index contributed by atoms with van der Waals surface area (Å²) in [6.45, 7) is 3.67. The summed E-state index contributed by atoms with van der Waals surface area (Å²) in [5.41, 5.74) is 2.43. The van der Waals surface area contributed by atoms with Crippen LogP contribution in [0.1, 0.15) is 30.6 Å². The summed E-state index contributed by atoms with van der Waals surface area (Å²) in [6, 6.07) is 14.2. The van der Waals surface area contributed by atoms with Gasteiger partial charge in [0.25, 0.3) is 0 Å². The summed E-state index contributed by atoms with van der Waals surface area (Å²) >= 11 is 0. The van der Waals surface area contributed by atoms with E-state index in [4.69, 9.17) is 4.74 Å². The summed E-state index contributed by atoms with van der Waals surface area (Å²) in [6.07, 6.45) is 0.0895. The Hall–Kier alpha value is -3.35. The number of esters is 1. The van der Waals surface area contributed by atoms with E-state index in [0.717, 1.165) is 11.4 Å². The Labute approximate surface area is 171 Å². The summed E-state index contributed by atoms with van der Waals surface area (Å²) in [7, 11) is 3.88. The number of carbonyl (C=O) groups is 3. The molecule has 0 bridgehead atoms. The lowest BCUT2D eigenvalue weighted by molar-refractivity contribution is -0.117. The first-order valence-corrected chi connectivity index (χ1v) is 9.45. The van der Waals surface area contributed by atoms with Gasteiger partial charge in [0, 0.05) is 45.4 Å². The highest BCUT2D eigenvalue weighted by Crippen LogP contribution is 2.21. The molecule has 7 heteroatoms. The van der Waals surface area contributed by atoms with Crippen LogP contribution in [-0.4, -0.2) is 45.0 Å². The quantitative estimate of drug-likeness (QED) is 0.692. The Bertz CT molecular complexity index is 863. The van der Waals surface area contributed by atoms with E-state index < -0.39 is 5.97 Å². The number of anilines is 3. The van der Waals surface area contributed by atoms with Gasteiger partial charge in [0.05, 0.1) is 17.9 Å². The molecule has 0 saturated carbocycles. The Balaban J connectivity index is 2.05. The Morgan fingerprint density at radius 3 is 2.17 bits per heavy atom. The number of nitrogens with one attached hydrogen (secondary N) is 1. The van der Waals surface area contributed by atoms with Crippen molar-refractivity contribution < 1.29 is 19.1 Å². The van der Waals surface area contributed by atoms with Crippen molar-refractivity contribution in [1.82, 2.24) is 0 Å². The number of hydrogen-bond acceptors (Lipinski definition) is 5. The van der Waals surface area contributed by atoms with Crippen LogP contribution >= 0.6 is 0 Å². The maximum atomic E-state index is 12.4. The van der Waals surface area contributed by atoms with Gasteiger partial charge in [-0.1, -0.05) is 12.1 Å². The molecule has 1 N–H and O–H groups in total. The molecule has 0 saturated heterocycles. The highest BCUT2D eigenvalue weighted by atomic mass is 16.5. The normalized spacial score (nSPS) is 10.2. The smallest absolute Gasteiger partial charge is 0.340 e. The van der Waals surface area contributed by atoms with Crippen molar-refractivity contribution in [3.63, 3.8) is 0 Å². The lowest BCUT2D eigenvalue weighted by Crippen LogP contribution is -2.32. The molecular weight excluding hydrogens is 370 g/mol. The second-order valence-corrected chi connectivity index (χ2v) is 6.65. The number of hydrogen-bond donors (Lipinski definition) is 1. The van der Waals surface area contributed by atoms with Gasteiger partial charge in [-0.2, -0.15) is 0 Å². The van der Waals surface area contributed by atoms with Gasteiger partial charge < -0.3 is 19.9 Å². The molecule has 29 heavy (non-hydrogen) atoms. The summed E-state index contributed by atoms with van der Waals surface area (Å²) < 4.78 is 5.02. The number of carbonyl (C=O) groups excluding carboxylic acids is 3. The second-order valence-electron chi connectivity index (χ2n) is 6.65. The molecule has 0 fully saturated rings. The largest absolute Gasteiger partial charge is 0.462 e. The number of benzene rings is 2. The summed E-state index contributed by atoms with van der Waals surface area (Å²) in [5, 5.41) is 2.74. The molecule has 0 atom stereocenters. The van der Waals surface area contributed by atoms with E-state index in [1.54, 1.807) is 36.1 Å². The van der Waals surface area contributed by atoms with E-state index in [9.17, 15) is 14.4 Å². The van der Waals surface area contributed by atoms with Gasteiger partial charge in [-0.25, -0.2) is 4.79 Å². The lowest BCUT2D eigenvalue weighted by atomic mass is 10.1. The fourth-order valence-corrected chi connectivity index (χ4v) is 2.80. The molecule has 0 radical (unpaired) electrons. The van der Waals surface area contributed by atoms with Gasteiger partial charge in [-0.05, 0) is 43.3 Å². The van der Waals surface area contributed by atoms with E-state index in [2.05, 4.69) is 5.32 Å². The summed E-state index contributed by atoms with van der Waals surface area (Å²) in [5.74, 6) is -0.935. The van der Waals surface area contributed by atoms with Gasteiger partial charge in [-0.3, -0.25) is 9.59 Å². The maximum absolute atomic E-state index is 12.4. The van der Waals surface area contributed by atoms with Crippen molar-refractivity contribution in [2.45, 2.75) is 20.3 Å². The van der Waals surface area contributed by atoms with Gasteiger partial charge in [0.1, 0.15) is 0 Å². The van der Waals surface area contributed by atoms with Crippen molar-refractivity contribution in [3.8, 4) is 0 Å². The van der Waals surface area contributed by atoms with E-state index in [1.165, 1.54) is 6.92 Å². The van der Waals surface area contributed by atoms with Crippen molar-refractivity contribution in [1.29, 1.82) is 0 Å². The van der Waals surface area contributed by atoms with Crippen LogP contribution in [-0.2, 0) is 14.3 Å². The molecule has 0 aromatic heterocycles. The molecule has 0 aliphatic carbocycles. The van der Waals surface area contributed by atoms with Gasteiger partial charge in [-0.15, -0.1) is 0 Å². The molecule has 0 aliphatic heterocycles. The van der Waals surface area contributed by atoms with Crippen molar-refractivity contribution in [3.05, 3.63) is 54.1 Å². The number of ether oxygens (including phenoxy) is 1. The average Bonchev–Trinajstić information content (AvgIpc) is 2.68. The number of rotatable bonds is 8. The minimum absolute atomic E-state index is 0.0895. The predicted octanol–water partition coefficient (Wildman–Crippen LogP) is 3.31. The molecular formula is C22H27N3O4. The van der Waals surface area contributed by atoms with Crippen LogP contribution in [0.3, 0.4) is 0 Å². The van der Waals surface area contributed by atoms with E-state index in [1.807, 2.05) is 43.3 Å². The Kier molecular flexibility index (Phi) is 7.77. The fraction of sp³-hybridized carbons (Fsp3) is 0.318. The maximum Gasteiger partial charge on any atom is 0.340 e. The van der Waals surface area contributed by atoms with Gasteiger partial charge >= 0.3 is 5.97 Å². The average molecular weight is 397 g/mol.